The number of ether oxygens (including phenoxy) is 1. The molecule has 0 heterocycles. The lowest BCUT2D eigenvalue weighted by molar-refractivity contribution is -0.139. The summed E-state index contributed by atoms with van der Waals surface area (Å²) in [5.74, 6) is -0.325. The predicted octanol–water partition coefficient (Wildman–Crippen LogP) is 2.93. The van der Waals surface area contributed by atoms with Crippen LogP contribution in [-0.4, -0.2) is 41.2 Å². The molecule has 5 nitrogen and oxygen atoms in total. The Morgan fingerprint density at radius 3 is 2.05 bits per heavy atom. The minimum Gasteiger partial charge on any atom is -0.462 e. The fourth-order valence-corrected chi connectivity index (χ4v) is 3.39. The summed E-state index contributed by atoms with van der Waals surface area (Å²) in [6, 6.07) is 0. The molecule has 0 fully saturated rings. The van der Waals surface area contributed by atoms with Crippen LogP contribution in [0, 0.1) is 0 Å². The summed E-state index contributed by atoms with van der Waals surface area (Å²) in [6.45, 7) is 13.2. The van der Waals surface area contributed by atoms with Gasteiger partial charge < -0.3 is 18.0 Å². The van der Waals surface area contributed by atoms with E-state index in [1.54, 1.807) is 6.92 Å². The summed E-state index contributed by atoms with van der Waals surface area (Å²) in [7, 11) is -2.45. The second-order valence-corrected chi connectivity index (χ2v) is 7.14. The minimum atomic E-state index is -2.45. The van der Waals surface area contributed by atoms with Crippen molar-refractivity contribution < 1.29 is 22.8 Å². The van der Waals surface area contributed by atoms with E-state index in [-0.39, 0.29) is 5.97 Å². The molecule has 0 spiro atoms. The third kappa shape index (κ3) is 9.25. The molecule has 0 aliphatic carbocycles. The molecule has 0 atom stereocenters. The van der Waals surface area contributed by atoms with E-state index in [9.17, 15) is 4.79 Å². The summed E-state index contributed by atoms with van der Waals surface area (Å²) in [4.78, 5) is 11.1. The van der Waals surface area contributed by atoms with Crippen molar-refractivity contribution in [1.82, 2.24) is 0 Å². The molecule has 0 aliphatic rings. The molecule has 0 aromatic heterocycles. The third-order valence-corrected chi connectivity index (χ3v) is 4.90. The Balaban J connectivity index is 3.64. The zero-order valence-corrected chi connectivity index (χ0v) is 14.2. The Labute approximate surface area is 123 Å². The summed E-state index contributed by atoms with van der Waals surface area (Å²) in [5, 5.41) is 0. The fraction of sp³-hybridized carbons (Fsp3) is 0.786. The van der Waals surface area contributed by atoms with Crippen LogP contribution in [0.25, 0.3) is 0 Å². The topological polar surface area (TPSA) is 54.0 Å². The van der Waals surface area contributed by atoms with Crippen LogP contribution in [-0.2, 0) is 22.8 Å². The molecule has 0 N–H and O–H groups in total. The van der Waals surface area contributed by atoms with Crippen LogP contribution in [0.2, 0.25) is 6.55 Å². The highest BCUT2D eigenvalue weighted by molar-refractivity contribution is 6.59. The molecule has 0 bridgehead atoms. The monoisotopic (exact) mass is 304 g/mol. The van der Waals surface area contributed by atoms with Crippen LogP contribution in [0.4, 0.5) is 0 Å². The van der Waals surface area contributed by atoms with Gasteiger partial charge in [-0.05, 0) is 40.0 Å². The normalized spacial score (nSPS) is 11.4. The molecule has 0 unspecified atom stereocenters. The van der Waals surface area contributed by atoms with Crippen molar-refractivity contribution in [3.05, 3.63) is 12.2 Å². The number of unbranched alkanes of at least 4 members (excludes halogenated alkanes) is 2. The Morgan fingerprint density at radius 1 is 1.00 bits per heavy atom. The van der Waals surface area contributed by atoms with E-state index in [1.807, 2.05) is 20.4 Å². The van der Waals surface area contributed by atoms with Crippen LogP contribution in [0.15, 0.2) is 12.2 Å². The molecular weight excluding hydrogens is 276 g/mol. The van der Waals surface area contributed by atoms with Gasteiger partial charge in [0, 0.05) is 31.9 Å². The van der Waals surface area contributed by atoms with E-state index >= 15 is 0 Å². The number of hydrogen-bond acceptors (Lipinski definition) is 5. The molecule has 20 heavy (non-hydrogen) atoms. The van der Waals surface area contributed by atoms with E-state index in [0.29, 0.717) is 32.0 Å². The Morgan fingerprint density at radius 2 is 1.55 bits per heavy atom. The first-order valence-corrected chi connectivity index (χ1v) is 9.42. The average molecular weight is 304 g/mol. The zero-order valence-electron chi connectivity index (χ0n) is 13.2. The van der Waals surface area contributed by atoms with Gasteiger partial charge in [-0.25, -0.2) is 4.79 Å². The summed E-state index contributed by atoms with van der Waals surface area (Å²) < 4.78 is 21.9. The fourth-order valence-electron chi connectivity index (χ4n) is 1.58. The highest BCUT2D eigenvalue weighted by Crippen LogP contribution is 2.10. The van der Waals surface area contributed by atoms with Crippen molar-refractivity contribution in [2.24, 2.45) is 0 Å². The van der Waals surface area contributed by atoms with Crippen molar-refractivity contribution in [1.29, 1.82) is 0 Å². The molecule has 118 valence electrons. The standard InChI is InChI=1S/C14H28O5Si/c1-6-17-20(5,18-7-2)19-12-10-8-9-11-16-14(15)13(3)4/h3,6-12H2,1-2,4-5H3. The maximum Gasteiger partial charge on any atom is 0.497 e. The van der Waals surface area contributed by atoms with Gasteiger partial charge in [0.15, 0.2) is 0 Å². The number of carbonyl (C=O) groups is 1. The molecular formula is C14H28O5Si. The second-order valence-electron chi connectivity index (χ2n) is 4.55. The van der Waals surface area contributed by atoms with Crippen LogP contribution in [0.5, 0.6) is 0 Å². The zero-order chi connectivity index (χ0) is 15.4. The van der Waals surface area contributed by atoms with Gasteiger partial charge in [0.1, 0.15) is 0 Å². The van der Waals surface area contributed by atoms with Crippen LogP contribution in [0.1, 0.15) is 40.0 Å². The SMILES string of the molecule is C=C(C)C(=O)OCCCCCO[Si](C)(OCC)OCC. The van der Waals surface area contributed by atoms with Gasteiger partial charge >= 0.3 is 14.8 Å². The summed E-state index contributed by atoms with van der Waals surface area (Å²) in [6.07, 6.45) is 2.66. The predicted molar refractivity (Wildman–Crippen MR) is 80.4 cm³/mol. The number of carbonyl (C=O) groups excluding carboxylic acids is 1. The molecule has 0 rings (SSSR count). The largest absolute Gasteiger partial charge is 0.497 e. The van der Waals surface area contributed by atoms with Gasteiger partial charge in [-0.2, -0.15) is 0 Å². The minimum absolute atomic E-state index is 0.325. The Kier molecular flexibility index (Phi) is 10.6. The molecule has 0 aliphatic heterocycles. The first-order chi connectivity index (χ1) is 9.45. The first kappa shape index (κ1) is 19.3. The smallest absolute Gasteiger partial charge is 0.462 e. The number of hydrogen-bond donors (Lipinski definition) is 0. The highest BCUT2D eigenvalue weighted by atomic mass is 28.4. The van der Waals surface area contributed by atoms with Gasteiger partial charge in [-0.3, -0.25) is 0 Å². The molecule has 0 radical (unpaired) electrons. The average Bonchev–Trinajstić information content (AvgIpc) is 2.37. The van der Waals surface area contributed by atoms with Crippen LogP contribution < -0.4 is 0 Å². The Hall–Kier alpha value is -0.693. The van der Waals surface area contributed by atoms with Gasteiger partial charge in [0.25, 0.3) is 0 Å². The van der Waals surface area contributed by atoms with Crippen molar-refractivity contribution in [3.8, 4) is 0 Å². The highest BCUT2D eigenvalue weighted by Gasteiger charge is 2.33. The van der Waals surface area contributed by atoms with Gasteiger partial charge in [0.05, 0.1) is 6.61 Å². The van der Waals surface area contributed by atoms with Crippen molar-refractivity contribution in [3.63, 3.8) is 0 Å². The first-order valence-electron chi connectivity index (χ1n) is 7.19. The molecule has 0 aromatic carbocycles. The van der Waals surface area contributed by atoms with Crippen LogP contribution >= 0.6 is 0 Å². The van der Waals surface area contributed by atoms with Gasteiger partial charge in [-0.1, -0.05) is 6.58 Å². The van der Waals surface area contributed by atoms with E-state index in [0.717, 1.165) is 19.3 Å². The summed E-state index contributed by atoms with van der Waals surface area (Å²) >= 11 is 0. The van der Waals surface area contributed by atoms with E-state index in [1.165, 1.54) is 0 Å². The lowest BCUT2D eigenvalue weighted by Crippen LogP contribution is -2.42. The van der Waals surface area contributed by atoms with Gasteiger partial charge in [0.2, 0.25) is 0 Å². The van der Waals surface area contributed by atoms with E-state index in [4.69, 9.17) is 18.0 Å². The molecule has 0 saturated carbocycles. The van der Waals surface area contributed by atoms with Crippen molar-refractivity contribution >= 4 is 14.8 Å². The quantitative estimate of drug-likeness (QED) is 0.240. The second kappa shape index (κ2) is 11.0. The molecule has 0 amide bonds. The van der Waals surface area contributed by atoms with Gasteiger partial charge in [-0.15, -0.1) is 0 Å². The maximum atomic E-state index is 11.1. The summed E-state index contributed by atoms with van der Waals surface area (Å²) in [5.41, 5.74) is 0.434. The lowest BCUT2D eigenvalue weighted by atomic mass is 10.2. The number of rotatable bonds is 12. The molecule has 0 saturated heterocycles. The maximum absolute atomic E-state index is 11.1. The van der Waals surface area contributed by atoms with Crippen LogP contribution in [0.3, 0.4) is 0 Å². The number of esters is 1. The van der Waals surface area contributed by atoms with Crippen molar-refractivity contribution in [2.75, 3.05) is 26.4 Å². The molecule has 0 aromatic rings. The van der Waals surface area contributed by atoms with E-state index < -0.39 is 8.80 Å². The lowest BCUT2D eigenvalue weighted by Gasteiger charge is -2.24. The van der Waals surface area contributed by atoms with Crippen molar-refractivity contribution in [2.45, 2.75) is 46.6 Å². The third-order valence-electron chi connectivity index (χ3n) is 2.55. The van der Waals surface area contributed by atoms with E-state index in [2.05, 4.69) is 6.58 Å². The Bertz CT molecular complexity index is 287. The molecule has 6 heteroatoms.